The van der Waals surface area contributed by atoms with Crippen LogP contribution in [-0.4, -0.2) is 19.1 Å². The summed E-state index contributed by atoms with van der Waals surface area (Å²) in [4.78, 5) is 6.03. The zero-order valence-corrected chi connectivity index (χ0v) is 15.9. The molecule has 2 N–H and O–H groups in total. The van der Waals surface area contributed by atoms with Crippen LogP contribution in [0, 0.1) is 0 Å². The van der Waals surface area contributed by atoms with Gasteiger partial charge in [0.05, 0.1) is 25.5 Å². The molecular formula is C21H23N3O2S. The van der Waals surface area contributed by atoms with E-state index in [4.69, 9.17) is 14.1 Å². The van der Waals surface area contributed by atoms with Gasteiger partial charge in [-0.15, -0.1) is 11.3 Å². The van der Waals surface area contributed by atoms with Crippen molar-refractivity contribution in [2.75, 3.05) is 13.2 Å². The topological polar surface area (TPSA) is 58.8 Å². The molecule has 3 heterocycles. The van der Waals surface area contributed by atoms with Crippen molar-refractivity contribution in [3.63, 3.8) is 0 Å². The highest BCUT2D eigenvalue weighted by Crippen LogP contribution is 2.31. The lowest BCUT2D eigenvalue weighted by atomic mass is 10.0. The SMILES string of the molecule is c1coc(CCNC(=NCc2cccs2)NC2CCOc3ccccc32)c1. The van der Waals surface area contributed by atoms with Crippen LogP contribution in [0.2, 0.25) is 0 Å². The fraction of sp³-hybridized carbons (Fsp3) is 0.286. The zero-order chi connectivity index (χ0) is 18.3. The molecule has 0 radical (unpaired) electrons. The molecule has 4 rings (SSSR count). The average Bonchev–Trinajstić information content (AvgIpc) is 3.40. The molecule has 0 bridgehead atoms. The molecule has 2 aromatic heterocycles. The smallest absolute Gasteiger partial charge is 0.192 e. The van der Waals surface area contributed by atoms with Crippen molar-refractivity contribution in [3.8, 4) is 5.75 Å². The summed E-state index contributed by atoms with van der Waals surface area (Å²) < 4.78 is 11.2. The summed E-state index contributed by atoms with van der Waals surface area (Å²) in [6.45, 7) is 2.13. The van der Waals surface area contributed by atoms with E-state index in [0.717, 1.165) is 36.9 Å². The number of para-hydroxylation sites is 1. The maximum Gasteiger partial charge on any atom is 0.192 e. The number of hydrogen-bond donors (Lipinski definition) is 2. The molecule has 140 valence electrons. The highest BCUT2D eigenvalue weighted by Gasteiger charge is 2.21. The average molecular weight is 382 g/mol. The van der Waals surface area contributed by atoms with E-state index in [0.29, 0.717) is 13.2 Å². The van der Waals surface area contributed by atoms with Gasteiger partial charge in [0.1, 0.15) is 11.5 Å². The molecule has 1 unspecified atom stereocenters. The first-order valence-electron chi connectivity index (χ1n) is 9.20. The van der Waals surface area contributed by atoms with Crippen LogP contribution >= 0.6 is 11.3 Å². The molecule has 0 saturated carbocycles. The number of thiophene rings is 1. The van der Waals surface area contributed by atoms with Crippen molar-refractivity contribution < 1.29 is 9.15 Å². The Balaban J connectivity index is 1.44. The predicted octanol–water partition coefficient (Wildman–Crippen LogP) is 4.14. The summed E-state index contributed by atoms with van der Waals surface area (Å²) in [6.07, 6.45) is 3.43. The third kappa shape index (κ3) is 4.71. The minimum absolute atomic E-state index is 0.188. The minimum atomic E-state index is 0.188. The number of nitrogens with one attached hydrogen (secondary N) is 2. The molecule has 3 aromatic rings. The van der Waals surface area contributed by atoms with Crippen LogP contribution in [0.15, 0.2) is 69.6 Å². The number of guanidine groups is 1. The normalized spacial score (nSPS) is 16.4. The van der Waals surface area contributed by atoms with Crippen molar-refractivity contribution in [1.82, 2.24) is 10.6 Å². The Labute approximate surface area is 163 Å². The second-order valence-corrected chi connectivity index (χ2v) is 7.40. The Morgan fingerprint density at radius 3 is 2.96 bits per heavy atom. The Hall–Kier alpha value is -2.73. The van der Waals surface area contributed by atoms with E-state index in [-0.39, 0.29) is 6.04 Å². The third-order valence-electron chi connectivity index (χ3n) is 4.49. The van der Waals surface area contributed by atoms with Crippen molar-refractivity contribution in [1.29, 1.82) is 0 Å². The molecule has 0 spiro atoms. The van der Waals surface area contributed by atoms with Gasteiger partial charge in [-0.2, -0.15) is 0 Å². The molecular weight excluding hydrogens is 358 g/mol. The van der Waals surface area contributed by atoms with Gasteiger partial charge in [-0.3, -0.25) is 0 Å². The van der Waals surface area contributed by atoms with Gasteiger partial charge in [-0.1, -0.05) is 24.3 Å². The maximum atomic E-state index is 5.77. The lowest BCUT2D eigenvalue weighted by Crippen LogP contribution is -2.41. The minimum Gasteiger partial charge on any atom is -0.493 e. The molecule has 0 fully saturated rings. The van der Waals surface area contributed by atoms with Crippen LogP contribution in [0.4, 0.5) is 0 Å². The Morgan fingerprint density at radius 2 is 2.11 bits per heavy atom. The van der Waals surface area contributed by atoms with Crippen LogP contribution in [0.3, 0.4) is 0 Å². The van der Waals surface area contributed by atoms with Crippen LogP contribution in [0.1, 0.15) is 28.7 Å². The predicted molar refractivity (Wildman–Crippen MR) is 108 cm³/mol. The molecule has 0 amide bonds. The monoisotopic (exact) mass is 381 g/mol. The van der Waals surface area contributed by atoms with Crippen LogP contribution in [0.25, 0.3) is 0 Å². The summed E-state index contributed by atoms with van der Waals surface area (Å²) in [6, 6.07) is 16.5. The molecule has 1 aliphatic heterocycles. The van der Waals surface area contributed by atoms with Crippen LogP contribution in [0.5, 0.6) is 5.75 Å². The number of nitrogens with zero attached hydrogens (tertiary/aromatic N) is 1. The molecule has 0 aliphatic carbocycles. The lowest BCUT2D eigenvalue weighted by molar-refractivity contribution is 0.261. The first-order valence-corrected chi connectivity index (χ1v) is 10.1. The van der Waals surface area contributed by atoms with Gasteiger partial charge in [-0.25, -0.2) is 4.99 Å². The summed E-state index contributed by atoms with van der Waals surface area (Å²) in [5, 5.41) is 9.11. The van der Waals surface area contributed by atoms with Gasteiger partial charge in [0.15, 0.2) is 5.96 Å². The number of ether oxygens (including phenoxy) is 1. The van der Waals surface area contributed by atoms with Gasteiger partial charge in [0.2, 0.25) is 0 Å². The number of rotatable bonds is 6. The van der Waals surface area contributed by atoms with Gasteiger partial charge in [0.25, 0.3) is 0 Å². The van der Waals surface area contributed by atoms with Crippen molar-refractivity contribution in [2.24, 2.45) is 4.99 Å². The maximum absolute atomic E-state index is 5.77. The van der Waals surface area contributed by atoms with Crippen LogP contribution in [-0.2, 0) is 13.0 Å². The molecule has 1 atom stereocenters. The van der Waals surface area contributed by atoms with Gasteiger partial charge in [0, 0.05) is 29.8 Å². The third-order valence-corrected chi connectivity index (χ3v) is 5.35. The number of fused-ring (bicyclic) bond motifs is 1. The van der Waals surface area contributed by atoms with Crippen molar-refractivity contribution in [3.05, 3.63) is 76.4 Å². The Kier molecular flexibility index (Phi) is 5.74. The first-order chi connectivity index (χ1) is 13.4. The van der Waals surface area contributed by atoms with E-state index >= 15 is 0 Å². The van der Waals surface area contributed by atoms with E-state index in [1.165, 1.54) is 10.4 Å². The fourth-order valence-corrected chi connectivity index (χ4v) is 3.76. The highest BCUT2D eigenvalue weighted by atomic mass is 32.1. The molecule has 1 aliphatic rings. The Morgan fingerprint density at radius 1 is 1.15 bits per heavy atom. The fourth-order valence-electron chi connectivity index (χ4n) is 3.13. The lowest BCUT2D eigenvalue weighted by Gasteiger charge is -2.28. The summed E-state index contributed by atoms with van der Waals surface area (Å²) >= 11 is 1.72. The van der Waals surface area contributed by atoms with E-state index < -0.39 is 0 Å². The van der Waals surface area contributed by atoms with E-state index in [9.17, 15) is 0 Å². The number of aliphatic imine (C=N–C) groups is 1. The molecule has 0 saturated heterocycles. The quantitative estimate of drug-likeness (QED) is 0.498. The van der Waals surface area contributed by atoms with Gasteiger partial charge < -0.3 is 19.8 Å². The largest absolute Gasteiger partial charge is 0.493 e. The second-order valence-electron chi connectivity index (χ2n) is 6.37. The summed E-state index contributed by atoms with van der Waals surface area (Å²) in [5.74, 6) is 2.74. The molecule has 6 heteroatoms. The van der Waals surface area contributed by atoms with Gasteiger partial charge >= 0.3 is 0 Å². The number of furan rings is 1. The Bertz CT molecular complexity index is 859. The van der Waals surface area contributed by atoms with E-state index in [1.54, 1.807) is 17.6 Å². The van der Waals surface area contributed by atoms with Gasteiger partial charge in [-0.05, 0) is 29.6 Å². The molecule has 1 aromatic carbocycles. The molecule has 27 heavy (non-hydrogen) atoms. The van der Waals surface area contributed by atoms with E-state index in [2.05, 4.69) is 40.3 Å². The summed E-state index contributed by atoms with van der Waals surface area (Å²) in [7, 11) is 0. The van der Waals surface area contributed by atoms with E-state index in [1.807, 2.05) is 24.3 Å². The number of benzene rings is 1. The summed E-state index contributed by atoms with van der Waals surface area (Å²) in [5.41, 5.74) is 1.18. The zero-order valence-electron chi connectivity index (χ0n) is 15.1. The first kappa shape index (κ1) is 17.7. The van der Waals surface area contributed by atoms with Crippen molar-refractivity contribution >= 4 is 17.3 Å². The second kappa shape index (κ2) is 8.77. The standard InChI is InChI=1S/C21H23N3O2S/c1-2-8-20-18(7-1)19(10-13-26-20)24-21(23-15-17-6-4-14-27-17)22-11-9-16-5-3-12-25-16/h1-8,12,14,19H,9-11,13,15H2,(H2,22,23,24). The molecule has 5 nitrogen and oxygen atoms in total. The highest BCUT2D eigenvalue weighted by molar-refractivity contribution is 7.09. The van der Waals surface area contributed by atoms with Crippen LogP contribution < -0.4 is 15.4 Å². The number of hydrogen-bond acceptors (Lipinski definition) is 4. The van der Waals surface area contributed by atoms with Crippen molar-refractivity contribution in [2.45, 2.75) is 25.4 Å².